The Morgan fingerprint density at radius 1 is 1.14 bits per heavy atom. The number of benzene rings is 1. The lowest BCUT2D eigenvalue weighted by molar-refractivity contribution is -0.121. The Balaban J connectivity index is 1.82. The highest BCUT2D eigenvalue weighted by Gasteiger charge is 2.01. The normalized spacial score (nSPS) is 11.0. The van der Waals surface area contributed by atoms with Gasteiger partial charge >= 0.3 is 0 Å². The summed E-state index contributed by atoms with van der Waals surface area (Å²) in [5.41, 5.74) is 3.19. The SMILES string of the molecule is O=C(Cn1ccccc1=O)N/N=C\C=C\c1ccccc1. The summed E-state index contributed by atoms with van der Waals surface area (Å²) in [6.07, 6.45) is 6.64. The van der Waals surface area contributed by atoms with Gasteiger partial charge in [0.25, 0.3) is 11.5 Å². The zero-order chi connectivity index (χ0) is 14.9. The lowest BCUT2D eigenvalue weighted by Crippen LogP contribution is -2.28. The largest absolute Gasteiger partial charge is 0.306 e. The molecule has 0 saturated carbocycles. The number of nitrogens with zero attached hydrogens (tertiary/aromatic N) is 2. The number of hydrazone groups is 1. The van der Waals surface area contributed by atoms with Crippen molar-refractivity contribution in [3.63, 3.8) is 0 Å². The van der Waals surface area contributed by atoms with Gasteiger partial charge < -0.3 is 4.57 Å². The number of rotatable bonds is 5. The van der Waals surface area contributed by atoms with Gasteiger partial charge in [0.1, 0.15) is 6.54 Å². The molecule has 0 spiro atoms. The number of pyridine rings is 1. The highest BCUT2D eigenvalue weighted by molar-refractivity contribution is 5.81. The summed E-state index contributed by atoms with van der Waals surface area (Å²) in [7, 11) is 0. The highest BCUT2D eigenvalue weighted by Crippen LogP contribution is 1.99. The molecule has 0 aliphatic heterocycles. The Bertz CT molecular complexity index is 703. The molecule has 0 atom stereocenters. The third-order valence-corrected chi connectivity index (χ3v) is 2.65. The summed E-state index contributed by atoms with van der Waals surface area (Å²) in [5, 5.41) is 3.79. The Morgan fingerprint density at radius 3 is 2.67 bits per heavy atom. The summed E-state index contributed by atoms with van der Waals surface area (Å²) in [6.45, 7) is -0.0561. The number of carbonyl (C=O) groups excluding carboxylic acids is 1. The van der Waals surface area contributed by atoms with Crippen LogP contribution in [0.2, 0.25) is 0 Å². The molecule has 1 aromatic heterocycles. The molecule has 1 aromatic carbocycles. The van der Waals surface area contributed by atoms with Crippen LogP contribution in [-0.4, -0.2) is 16.7 Å². The van der Waals surface area contributed by atoms with Crippen molar-refractivity contribution >= 4 is 18.2 Å². The second-order valence-electron chi connectivity index (χ2n) is 4.25. The van der Waals surface area contributed by atoms with E-state index in [0.29, 0.717) is 0 Å². The van der Waals surface area contributed by atoms with Crippen LogP contribution in [0.15, 0.2) is 70.7 Å². The first-order valence-corrected chi connectivity index (χ1v) is 6.45. The van der Waals surface area contributed by atoms with Crippen LogP contribution in [0.5, 0.6) is 0 Å². The Hall–Kier alpha value is -2.95. The standard InChI is InChI=1S/C16H15N3O2/c20-15(13-19-12-5-4-10-16(19)21)18-17-11-6-9-14-7-2-1-3-8-14/h1-12H,13H2,(H,18,20)/b9-6+,17-11-. The van der Waals surface area contributed by atoms with E-state index in [1.54, 1.807) is 24.4 Å². The van der Waals surface area contributed by atoms with Gasteiger partial charge in [-0.05, 0) is 17.7 Å². The van der Waals surface area contributed by atoms with E-state index in [1.807, 2.05) is 36.4 Å². The van der Waals surface area contributed by atoms with Gasteiger partial charge in [0, 0.05) is 18.5 Å². The molecule has 21 heavy (non-hydrogen) atoms. The molecule has 5 heteroatoms. The highest BCUT2D eigenvalue weighted by atomic mass is 16.2. The maximum absolute atomic E-state index is 11.6. The number of hydrogen-bond donors (Lipinski definition) is 1. The van der Waals surface area contributed by atoms with Crippen molar-refractivity contribution < 1.29 is 4.79 Å². The number of hydrogen-bond acceptors (Lipinski definition) is 3. The van der Waals surface area contributed by atoms with Gasteiger partial charge in [0.15, 0.2) is 0 Å². The summed E-state index contributed by atoms with van der Waals surface area (Å²) in [5.74, 6) is -0.354. The minimum atomic E-state index is -0.354. The molecule has 0 aliphatic rings. The lowest BCUT2D eigenvalue weighted by atomic mass is 10.2. The first kappa shape index (κ1) is 14.5. The molecule has 2 rings (SSSR count). The molecule has 0 unspecified atom stereocenters. The molecule has 5 nitrogen and oxygen atoms in total. The predicted molar refractivity (Wildman–Crippen MR) is 82.8 cm³/mol. The maximum atomic E-state index is 11.6. The van der Waals surface area contributed by atoms with Crippen LogP contribution < -0.4 is 11.0 Å². The number of allylic oxidation sites excluding steroid dienone is 1. The topological polar surface area (TPSA) is 63.5 Å². The molecule has 0 radical (unpaired) electrons. The van der Waals surface area contributed by atoms with E-state index in [-0.39, 0.29) is 18.0 Å². The average molecular weight is 281 g/mol. The third-order valence-electron chi connectivity index (χ3n) is 2.65. The summed E-state index contributed by atoms with van der Waals surface area (Å²) < 4.78 is 1.31. The van der Waals surface area contributed by atoms with Crippen molar-refractivity contribution in [2.45, 2.75) is 6.54 Å². The fraction of sp³-hybridized carbons (Fsp3) is 0.0625. The van der Waals surface area contributed by atoms with Crippen molar-refractivity contribution in [3.8, 4) is 0 Å². The van der Waals surface area contributed by atoms with Crippen molar-refractivity contribution in [3.05, 3.63) is 76.7 Å². The second kappa shape index (κ2) is 7.59. The van der Waals surface area contributed by atoms with E-state index in [9.17, 15) is 9.59 Å². The van der Waals surface area contributed by atoms with E-state index in [4.69, 9.17) is 0 Å². The summed E-state index contributed by atoms with van der Waals surface area (Å²) >= 11 is 0. The van der Waals surface area contributed by atoms with Crippen molar-refractivity contribution in [2.24, 2.45) is 5.10 Å². The van der Waals surface area contributed by atoms with Crippen molar-refractivity contribution in [1.82, 2.24) is 9.99 Å². The molecule has 1 amide bonds. The summed E-state index contributed by atoms with van der Waals surface area (Å²) in [6, 6.07) is 14.5. The van der Waals surface area contributed by atoms with E-state index in [1.165, 1.54) is 16.8 Å². The van der Waals surface area contributed by atoms with Gasteiger partial charge in [-0.15, -0.1) is 0 Å². The molecule has 1 N–H and O–H groups in total. The third kappa shape index (κ3) is 4.91. The van der Waals surface area contributed by atoms with Crippen LogP contribution in [0.25, 0.3) is 6.08 Å². The molecule has 2 aromatic rings. The van der Waals surface area contributed by atoms with Crippen LogP contribution in [-0.2, 0) is 11.3 Å². The van der Waals surface area contributed by atoms with E-state index < -0.39 is 0 Å². The first-order chi connectivity index (χ1) is 10.3. The van der Waals surface area contributed by atoms with Crippen LogP contribution in [0.3, 0.4) is 0 Å². The monoisotopic (exact) mass is 281 g/mol. The van der Waals surface area contributed by atoms with Gasteiger partial charge in [-0.3, -0.25) is 9.59 Å². The van der Waals surface area contributed by atoms with Gasteiger partial charge in [0.05, 0.1) is 0 Å². The van der Waals surface area contributed by atoms with Crippen LogP contribution in [0, 0.1) is 0 Å². The minimum Gasteiger partial charge on any atom is -0.306 e. The van der Waals surface area contributed by atoms with E-state index in [0.717, 1.165) is 5.56 Å². The van der Waals surface area contributed by atoms with Gasteiger partial charge in [0.2, 0.25) is 0 Å². The van der Waals surface area contributed by atoms with E-state index in [2.05, 4.69) is 10.5 Å². The number of aromatic nitrogens is 1. The van der Waals surface area contributed by atoms with E-state index >= 15 is 0 Å². The Labute approximate surface area is 122 Å². The Morgan fingerprint density at radius 2 is 1.90 bits per heavy atom. The van der Waals surface area contributed by atoms with Gasteiger partial charge in [-0.1, -0.05) is 42.5 Å². The van der Waals surface area contributed by atoms with Crippen molar-refractivity contribution in [2.75, 3.05) is 0 Å². The molecule has 106 valence electrons. The molecular weight excluding hydrogens is 266 g/mol. The zero-order valence-corrected chi connectivity index (χ0v) is 11.3. The quantitative estimate of drug-likeness (QED) is 0.669. The fourth-order valence-corrected chi connectivity index (χ4v) is 1.65. The second-order valence-corrected chi connectivity index (χ2v) is 4.25. The van der Waals surface area contributed by atoms with Crippen LogP contribution in [0.1, 0.15) is 5.56 Å². The first-order valence-electron chi connectivity index (χ1n) is 6.45. The predicted octanol–water partition coefficient (Wildman–Crippen LogP) is 1.66. The maximum Gasteiger partial charge on any atom is 0.260 e. The molecular formula is C16H15N3O2. The van der Waals surface area contributed by atoms with Gasteiger partial charge in [-0.2, -0.15) is 5.10 Å². The molecule has 0 fully saturated rings. The average Bonchev–Trinajstić information content (AvgIpc) is 2.50. The zero-order valence-electron chi connectivity index (χ0n) is 11.3. The Kier molecular flexibility index (Phi) is 5.23. The summed E-state index contributed by atoms with van der Waals surface area (Å²) in [4.78, 5) is 23.0. The minimum absolute atomic E-state index is 0.0561. The molecule has 1 heterocycles. The smallest absolute Gasteiger partial charge is 0.260 e. The van der Waals surface area contributed by atoms with Crippen LogP contribution in [0.4, 0.5) is 0 Å². The molecule has 0 saturated heterocycles. The van der Waals surface area contributed by atoms with Gasteiger partial charge in [-0.25, -0.2) is 5.43 Å². The number of nitrogens with one attached hydrogen (secondary N) is 1. The lowest BCUT2D eigenvalue weighted by Gasteiger charge is -2.02. The fourth-order valence-electron chi connectivity index (χ4n) is 1.65. The number of carbonyl (C=O) groups is 1. The number of amides is 1. The molecule has 0 aliphatic carbocycles. The van der Waals surface area contributed by atoms with Crippen LogP contribution >= 0.6 is 0 Å². The van der Waals surface area contributed by atoms with Crippen molar-refractivity contribution in [1.29, 1.82) is 0 Å². The molecule has 0 bridgehead atoms.